The molecule has 2 aromatic rings. The molecule has 0 fully saturated rings. The lowest BCUT2D eigenvalue weighted by Crippen LogP contribution is -2.33. The van der Waals surface area contributed by atoms with Crippen molar-refractivity contribution in [1.82, 2.24) is 0 Å². The highest BCUT2D eigenvalue weighted by atomic mass is 35.5. The molecule has 0 N–H and O–H groups in total. The average Bonchev–Trinajstić information content (AvgIpc) is 2.66. The van der Waals surface area contributed by atoms with Gasteiger partial charge in [-0.15, -0.1) is 23.2 Å². The standard InChI is InChI=1S/C21H18Cl2F2O3/c22-11-9-17(26)19(13-5-1-3-7-15(13)24)21(28)20(18(27)10-12-23)14-6-2-4-8-16(14)25/h1-8,19-20H,9-12H2. The fourth-order valence-electron chi connectivity index (χ4n) is 3.03. The van der Waals surface area contributed by atoms with Crippen molar-refractivity contribution < 1.29 is 23.2 Å². The molecule has 7 heteroatoms. The number of Topliss-reactive ketones (excluding diaryl/α,β-unsaturated/α-hetero) is 3. The largest absolute Gasteiger partial charge is 0.298 e. The van der Waals surface area contributed by atoms with Crippen molar-refractivity contribution in [3.63, 3.8) is 0 Å². The molecule has 0 aliphatic heterocycles. The second-order valence-electron chi connectivity index (χ2n) is 6.12. The number of alkyl halides is 2. The molecular formula is C21H18Cl2F2O3. The Morgan fingerprint density at radius 3 is 1.39 bits per heavy atom. The van der Waals surface area contributed by atoms with E-state index in [2.05, 4.69) is 0 Å². The number of benzene rings is 2. The number of halogens is 4. The third-order valence-electron chi connectivity index (χ3n) is 4.33. The van der Waals surface area contributed by atoms with E-state index in [9.17, 15) is 23.2 Å². The van der Waals surface area contributed by atoms with Gasteiger partial charge in [0, 0.05) is 35.7 Å². The first-order valence-electron chi connectivity index (χ1n) is 8.62. The van der Waals surface area contributed by atoms with E-state index in [0.717, 1.165) is 12.1 Å². The summed E-state index contributed by atoms with van der Waals surface area (Å²) in [5, 5.41) is 0. The zero-order valence-corrected chi connectivity index (χ0v) is 16.4. The number of rotatable bonds is 10. The molecule has 0 heterocycles. The maximum Gasteiger partial charge on any atom is 0.162 e. The molecule has 2 aromatic carbocycles. The maximum absolute atomic E-state index is 14.4. The minimum absolute atomic E-state index is 0.0724. The Bertz CT molecular complexity index is 801. The third kappa shape index (κ3) is 5.03. The molecule has 0 saturated heterocycles. The van der Waals surface area contributed by atoms with Crippen LogP contribution in [-0.2, 0) is 14.4 Å². The van der Waals surface area contributed by atoms with Crippen molar-refractivity contribution in [3.05, 3.63) is 71.3 Å². The Kier molecular flexibility index (Phi) is 8.27. The van der Waals surface area contributed by atoms with Gasteiger partial charge in [0.15, 0.2) is 5.78 Å². The lowest BCUT2D eigenvalue weighted by Gasteiger charge is -2.22. The van der Waals surface area contributed by atoms with Crippen LogP contribution in [0, 0.1) is 11.6 Å². The lowest BCUT2D eigenvalue weighted by atomic mass is 9.78. The molecule has 28 heavy (non-hydrogen) atoms. The van der Waals surface area contributed by atoms with E-state index in [1.54, 1.807) is 0 Å². The summed E-state index contributed by atoms with van der Waals surface area (Å²) in [5.41, 5.74) is -0.328. The van der Waals surface area contributed by atoms with Gasteiger partial charge in [0.1, 0.15) is 35.0 Å². The molecule has 0 aliphatic rings. The first-order chi connectivity index (χ1) is 13.4. The molecule has 0 amide bonds. The molecule has 3 nitrogen and oxygen atoms in total. The quantitative estimate of drug-likeness (QED) is 0.405. The van der Waals surface area contributed by atoms with Gasteiger partial charge in [-0.2, -0.15) is 0 Å². The zero-order valence-electron chi connectivity index (χ0n) is 14.8. The van der Waals surface area contributed by atoms with E-state index in [-0.39, 0.29) is 35.7 Å². The highest BCUT2D eigenvalue weighted by molar-refractivity contribution is 6.23. The van der Waals surface area contributed by atoms with Crippen molar-refractivity contribution >= 4 is 40.6 Å². The van der Waals surface area contributed by atoms with Gasteiger partial charge in [0.05, 0.1) is 0 Å². The minimum atomic E-state index is -1.57. The molecule has 0 spiro atoms. The fraction of sp³-hybridized carbons (Fsp3) is 0.286. The van der Waals surface area contributed by atoms with Crippen molar-refractivity contribution in [2.24, 2.45) is 0 Å². The van der Waals surface area contributed by atoms with Crippen molar-refractivity contribution in [2.45, 2.75) is 24.7 Å². The SMILES string of the molecule is O=C(CCCl)C(C(=O)C(C(=O)CCCl)c1ccccc1F)c1ccccc1F. The van der Waals surface area contributed by atoms with Crippen LogP contribution in [0.15, 0.2) is 48.5 Å². The van der Waals surface area contributed by atoms with E-state index < -0.39 is 40.8 Å². The van der Waals surface area contributed by atoms with E-state index in [0.29, 0.717) is 0 Å². The first kappa shape index (κ1) is 22.2. The highest BCUT2D eigenvalue weighted by Crippen LogP contribution is 2.32. The van der Waals surface area contributed by atoms with Gasteiger partial charge in [-0.3, -0.25) is 14.4 Å². The van der Waals surface area contributed by atoms with Gasteiger partial charge in [-0.25, -0.2) is 8.78 Å². The van der Waals surface area contributed by atoms with Gasteiger partial charge >= 0.3 is 0 Å². The molecule has 0 saturated carbocycles. The van der Waals surface area contributed by atoms with Crippen LogP contribution in [0.25, 0.3) is 0 Å². The third-order valence-corrected chi connectivity index (χ3v) is 4.71. The Balaban J connectivity index is 2.59. The number of hydrogen-bond donors (Lipinski definition) is 0. The summed E-state index contributed by atoms with van der Waals surface area (Å²) >= 11 is 11.3. The topological polar surface area (TPSA) is 51.2 Å². The predicted molar refractivity (Wildman–Crippen MR) is 104 cm³/mol. The van der Waals surface area contributed by atoms with Crippen molar-refractivity contribution in [2.75, 3.05) is 11.8 Å². The van der Waals surface area contributed by atoms with Crippen LogP contribution >= 0.6 is 23.2 Å². The fourth-order valence-corrected chi connectivity index (χ4v) is 3.40. The van der Waals surface area contributed by atoms with Crippen LogP contribution in [0.3, 0.4) is 0 Å². The first-order valence-corrected chi connectivity index (χ1v) is 9.69. The Labute approximate surface area is 171 Å². The smallest absolute Gasteiger partial charge is 0.162 e. The second-order valence-corrected chi connectivity index (χ2v) is 6.88. The van der Waals surface area contributed by atoms with E-state index >= 15 is 0 Å². The Morgan fingerprint density at radius 2 is 1.07 bits per heavy atom. The number of carbonyl (C=O) groups excluding carboxylic acids is 3. The summed E-state index contributed by atoms with van der Waals surface area (Å²) in [6.07, 6.45) is -0.389. The van der Waals surface area contributed by atoms with Crippen LogP contribution in [0.4, 0.5) is 8.78 Å². The number of ketones is 3. The average molecular weight is 427 g/mol. The second kappa shape index (κ2) is 10.4. The number of hydrogen-bond acceptors (Lipinski definition) is 3. The van der Waals surface area contributed by atoms with Crippen molar-refractivity contribution in [1.29, 1.82) is 0 Å². The molecule has 2 unspecified atom stereocenters. The maximum atomic E-state index is 14.4. The monoisotopic (exact) mass is 426 g/mol. The van der Waals surface area contributed by atoms with Gasteiger partial charge in [-0.1, -0.05) is 36.4 Å². The van der Waals surface area contributed by atoms with Gasteiger partial charge < -0.3 is 0 Å². The molecular weight excluding hydrogens is 409 g/mol. The Morgan fingerprint density at radius 1 is 0.714 bits per heavy atom. The summed E-state index contributed by atoms with van der Waals surface area (Å²) < 4.78 is 28.8. The summed E-state index contributed by atoms with van der Waals surface area (Å²) in [6, 6.07) is 10.6. The molecule has 148 valence electrons. The van der Waals surface area contributed by atoms with Crippen molar-refractivity contribution in [3.8, 4) is 0 Å². The van der Waals surface area contributed by atoms with Crippen LogP contribution in [0.2, 0.25) is 0 Å². The number of carbonyl (C=O) groups is 3. The van der Waals surface area contributed by atoms with Crippen LogP contribution in [-0.4, -0.2) is 29.1 Å². The predicted octanol–water partition coefficient (Wildman–Crippen LogP) is 4.80. The minimum Gasteiger partial charge on any atom is -0.298 e. The van der Waals surface area contributed by atoms with Gasteiger partial charge in [0.25, 0.3) is 0 Å². The molecule has 0 bridgehead atoms. The van der Waals surface area contributed by atoms with E-state index in [1.807, 2.05) is 0 Å². The highest BCUT2D eigenvalue weighted by Gasteiger charge is 2.39. The molecule has 0 aromatic heterocycles. The van der Waals surface area contributed by atoms with Crippen LogP contribution in [0.1, 0.15) is 35.8 Å². The molecule has 0 aliphatic carbocycles. The summed E-state index contributed by atoms with van der Waals surface area (Å²) in [6.45, 7) is 0. The molecule has 2 atom stereocenters. The van der Waals surface area contributed by atoms with E-state index in [4.69, 9.17) is 23.2 Å². The van der Waals surface area contributed by atoms with Crippen LogP contribution < -0.4 is 0 Å². The lowest BCUT2D eigenvalue weighted by molar-refractivity contribution is -0.133. The normalized spacial score (nSPS) is 13.0. The van der Waals surface area contributed by atoms with E-state index in [1.165, 1.54) is 36.4 Å². The summed E-state index contributed by atoms with van der Waals surface area (Å²) in [4.78, 5) is 38.6. The molecule has 0 radical (unpaired) electrons. The summed E-state index contributed by atoms with van der Waals surface area (Å²) in [5.74, 6) is -6.96. The zero-order chi connectivity index (χ0) is 20.7. The van der Waals surface area contributed by atoms with Crippen LogP contribution in [0.5, 0.6) is 0 Å². The van der Waals surface area contributed by atoms with Gasteiger partial charge in [-0.05, 0) is 12.1 Å². The molecule has 2 rings (SSSR count). The Hall–Kier alpha value is -2.11. The summed E-state index contributed by atoms with van der Waals surface area (Å²) in [7, 11) is 0. The van der Waals surface area contributed by atoms with Gasteiger partial charge in [0.2, 0.25) is 0 Å².